The molecule has 1 aromatic rings. The molecule has 0 spiro atoms. The molecule has 0 amide bonds. The summed E-state index contributed by atoms with van der Waals surface area (Å²) in [5, 5.41) is 4.74. The predicted octanol–water partition coefficient (Wildman–Crippen LogP) is 3.90. The molecule has 0 saturated carbocycles. The Bertz CT molecular complexity index is 428. The van der Waals surface area contributed by atoms with Crippen LogP contribution >= 0.6 is 11.3 Å². The van der Waals surface area contributed by atoms with Crippen LogP contribution in [0.5, 0.6) is 0 Å². The van der Waals surface area contributed by atoms with Crippen LogP contribution in [0.1, 0.15) is 68.1 Å². The topological polar surface area (TPSA) is 34.1 Å². The zero-order valence-corrected chi connectivity index (χ0v) is 14.2. The Labute approximate surface area is 127 Å². The molecule has 4 heteroatoms. The molecule has 1 N–H and O–H groups in total. The molecule has 114 valence electrons. The van der Waals surface area contributed by atoms with Gasteiger partial charge in [-0.2, -0.15) is 0 Å². The number of aryl methyl sites for hydroxylation is 1. The minimum absolute atomic E-state index is 0.143. The lowest BCUT2D eigenvalue weighted by Gasteiger charge is -2.22. The summed E-state index contributed by atoms with van der Waals surface area (Å²) in [6.07, 6.45) is 3.89. The molecule has 0 aliphatic heterocycles. The highest BCUT2D eigenvalue weighted by molar-refractivity contribution is 7.11. The van der Waals surface area contributed by atoms with Crippen LogP contribution in [-0.4, -0.2) is 24.7 Å². The Morgan fingerprint density at radius 1 is 1.35 bits per heavy atom. The summed E-state index contributed by atoms with van der Waals surface area (Å²) in [5.41, 5.74) is 1.34. The second-order valence-electron chi connectivity index (χ2n) is 6.41. The van der Waals surface area contributed by atoms with Crippen molar-refractivity contribution in [1.82, 2.24) is 10.3 Å². The molecule has 0 saturated heterocycles. The Morgan fingerprint density at radius 3 is 2.70 bits per heavy atom. The van der Waals surface area contributed by atoms with E-state index in [0.29, 0.717) is 17.9 Å². The first-order valence-corrected chi connectivity index (χ1v) is 8.60. The van der Waals surface area contributed by atoms with Gasteiger partial charge in [-0.15, -0.1) is 11.3 Å². The van der Waals surface area contributed by atoms with E-state index >= 15 is 0 Å². The van der Waals surface area contributed by atoms with Gasteiger partial charge in [0.2, 0.25) is 0 Å². The predicted molar refractivity (Wildman–Crippen MR) is 85.5 cm³/mol. The Kier molecular flexibility index (Phi) is 5.58. The number of aromatic nitrogens is 1. The minimum Gasteiger partial charge on any atom is -0.374 e. The number of fused-ring (bicyclic) bond motifs is 1. The summed E-state index contributed by atoms with van der Waals surface area (Å²) >= 11 is 1.87. The smallest absolute Gasteiger partial charge is 0.122 e. The summed E-state index contributed by atoms with van der Waals surface area (Å²) < 4.78 is 5.64. The maximum Gasteiger partial charge on any atom is 0.122 e. The van der Waals surface area contributed by atoms with Crippen LogP contribution in [0.3, 0.4) is 0 Å². The van der Waals surface area contributed by atoms with Gasteiger partial charge in [0.15, 0.2) is 0 Å². The van der Waals surface area contributed by atoms with Crippen LogP contribution in [-0.2, 0) is 11.2 Å². The number of nitrogens with one attached hydrogen (secondary N) is 1. The van der Waals surface area contributed by atoms with Crippen molar-refractivity contribution in [3.63, 3.8) is 0 Å². The van der Waals surface area contributed by atoms with Crippen LogP contribution in [0.25, 0.3) is 0 Å². The second kappa shape index (κ2) is 7.01. The number of ether oxygens (including phenoxy) is 1. The van der Waals surface area contributed by atoms with E-state index in [9.17, 15) is 0 Å². The standard InChI is InChI=1S/C16H28N2OS/c1-10(2)15(19-5)16-18-14-12(9-17-11(3)4)7-6-8-13(14)20-16/h10-12,15,17H,6-9H2,1-5H3. The molecule has 2 rings (SSSR count). The minimum atomic E-state index is 0.143. The Hall–Kier alpha value is -0.450. The largest absolute Gasteiger partial charge is 0.374 e. The number of methoxy groups -OCH3 is 1. The van der Waals surface area contributed by atoms with Crippen molar-refractivity contribution < 1.29 is 4.74 Å². The molecule has 1 aliphatic carbocycles. The molecule has 0 fully saturated rings. The maximum absolute atomic E-state index is 5.64. The van der Waals surface area contributed by atoms with Crippen LogP contribution < -0.4 is 5.32 Å². The first-order valence-electron chi connectivity index (χ1n) is 7.78. The van der Waals surface area contributed by atoms with Gasteiger partial charge in [0, 0.05) is 30.5 Å². The lowest BCUT2D eigenvalue weighted by Crippen LogP contribution is -2.29. The van der Waals surface area contributed by atoms with Crippen molar-refractivity contribution in [3.05, 3.63) is 15.6 Å². The summed E-state index contributed by atoms with van der Waals surface area (Å²) in [7, 11) is 1.79. The van der Waals surface area contributed by atoms with Crippen LogP contribution in [0.2, 0.25) is 0 Å². The van der Waals surface area contributed by atoms with Crippen molar-refractivity contribution in [1.29, 1.82) is 0 Å². The molecular weight excluding hydrogens is 268 g/mol. The van der Waals surface area contributed by atoms with E-state index in [1.54, 1.807) is 7.11 Å². The van der Waals surface area contributed by atoms with E-state index < -0.39 is 0 Å². The Morgan fingerprint density at radius 2 is 2.10 bits per heavy atom. The third-order valence-corrected chi connectivity index (χ3v) is 5.15. The highest BCUT2D eigenvalue weighted by atomic mass is 32.1. The van der Waals surface area contributed by atoms with Gasteiger partial charge in [-0.25, -0.2) is 4.98 Å². The summed E-state index contributed by atoms with van der Waals surface area (Å²) in [5.74, 6) is 1.05. The third-order valence-electron chi connectivity index (χ3n) is 3.96. The maximum atomic E-state index is 5.64. The fourth-order valence-electron chi connectivity index (χ4n) is 2.88. The lowest BCUT2D eigenvalue weighted by molar-refractivity contribution is 0.0642. The molecular formula is C16H28N2OS. The van der Waals surface area contributed by atoms with Crippen LogP contribution in [0.15, 0.2) is 0 Å². The number of rotatable bonds is 6. The van der Waals surface area contributed by atoms with Gasteiger partial charge in [0.1, 0.15) is 11.1 Å². The number of thiazole rings is 1. The van der Waals surface area contributed by atoms with E-state index in [1.807, 2.05) is 11.3 Å². The number of nitrogens with zero attached hydrogens (tertiary/aromatic N) is 1. The van der Waals surface area contributed by atoms with Gasteiger partial charge in [-0.05, 0) is 25.2 Å². The fraction of sp³-hybridized carbons (Fsp3) is 0.812. The molecule has 1 heterocycles. The first-order chi connectivity index (χ1) is 9.52. The van der Waals surface area contributed by atoms with Crippen molar-refractivity contribution in [3.8, 4) is 0 Å². The highest BCUT2D eigenvalue weighted by Crippen LogP contribution is 2.38. The van der Waals surface area contributed by atoms with Gasteiger partial charge in [-0.1, -0.05) is 27.7 Å². The third kappa shape index (κ3) is 3.60. The van der Waals surface area contributed by atoms with Gasteiger partial charge in [0.25, 0.3) is 0 Å². The molecule has 20 heavy (non-hydrogen) atoms. The zero-order valence-electron chi connectivity index (χ0n) is 13.4. The number of hydrogen-bond acceptors (Lipinski definition) is 4. The molecule has 3 nitrogen and oxygen atoms in total. The average Bonchev–Trinajstić information content (AvgIpc) is 2.80. The molecule has 0 radical (unpaired) electrons. The van der Waals surface area contributed by atoms with Crippen molar-refractivity contribution >= 4 is 11.3 Å². The molecule has 1 aromatic heterocycles. The van der Waals surface area contributed by atoms with Crippen molar-refractivity contribution in [2.24, 2.45) is 5.92 Å². The monoisotopic (exact) mass is 296 g/mol. The molecule has 0 bridgehead atoms. The molecule has 1 aliphatic rings. The molecule has 2 unspecified atom stereocenters. The summed E-state index contributed by atoms with van der Waals surface area (Å²) in [6, 6.07) is 0.542. The van der Waals surface area contributed by atoms with E-state index in [-0.39, 0.29) is 6.10 Å². The van der Waals surface area contributed by atoms with Gasteiger partial charge >= 0.3 is 0 Å². The van der Waals surface area contributed by atoms with Gasteiger partial charge in [-0.3, -0.25) is 0 Å². The fourth-order valence-corrected chi connectivity index (χ4v) is 4.33. The lowest BCUT2D eigenvalue weighted by atomic mass is 9.91. The quantitative estimate of drug-likeness (QED) is 0.864. The summed E-state index contributed by atoms with van der Waals surface area (Å²) in [4.78, 5) is 6.45. The van der Waals surface area contributed by atoms with Gasteiger partial charge < -0.3 is 10.1 Å². The number of hydrogen-bond donors (Lipinski definition) is 1. The van der Waals surface area contributed by atoms with E-state index in [4.69, 9.17) is 9.72 Å². The van der Waals surface area contributed by atoms with Crippen LogP contribution in [0, 0.1) is 5.92 Å². The van der Waals surface area contributed by atoms with Crippen molar-refractivity contribution in [2.45, 2.75) is 65.0 Å². The zero-order chi connectivity index (χ0) is 14.7. The summed E-state index contributed by atoms with van der Waals surface area (Å²) in [6.45, 7) is 9.86. The highest BCUT2D eigenvalue weighted by Gasteiger charge is 2.28. The molecule has 2 atom stereocenters. The van der Waals surface area contributed by atoms with E-state index in [1.165, 1.54) is 34.8 Å². The van der Waals surface area contributed by atoms with E-state index in [0.717, 1.165) is 6.54 Å². The normalized spacial score (nSPS) is 20.4. The Balaban J connectivity index is 2.17. The van der Waals surface area contributed by atoms with Gasteiger partial charge in [0.05, 0.1) is 5.69 Å². The SMILES string of the molecule is COC(c1nc2c(s1)CCCC2CNC(C)C)C(C)C. The van der Waals surface area contributed by atoms with Crippen LogP contribution in [0.4, 0.5) is 0 Å². The van der Waals surface area contributed by atoms with E-state index in [2.05, 4.69) is 33.0 Å². The second-order valence-corrected chi connectivity index (χ2v) is 7.53. The average molecular weight is 296 g/mol. The van der Waals surface area contributed by atoms with Crippen molar-refractivity contribution in [2.75, 3.05) is 13.7 Å². The molecule has 0 aromatic carbocycles. The first kappa shape index (κ1) is 15.9.